The molecule has 0 amide bonds. The molecule has 3 heteroatoms. The second-order valence-corrected chi connectivity index (χ2v) is 6.16. The largest absolute Gasteiger partial charge is 0.376 e. The number of hydrogen-bond acceptors (Lipinski definition) is 3. The van der Waals surface area contributed by atoms with Gasteiger partial charge in [0.2, 0.25) is 0 Å². The van der Waals surface area contributed by atoms with Crippen LogP contribution < -0.4 is 0 Å². The van der Waals surface area contributed by atoms with Crippen LogP contribution in [0.5, 0.6) is 0 Å². The van der Waals surface area contributed by atoms with Gasteiger partial charge in [0.1, 0.15) is 0 Å². The first-order valence-electron chi connectivity index (χ1n) is 6.91. The first-order chi connectivity index (χ1) is 9.25. The molecule has 0 radical (unpaired) electrons. The first-order valence-corrected chi connectivity index (χ1v) is 6.91. The zero-order valence-corrected chi connectivity index (χ0v) is 13.6. The van der Waals surface area contributed by atoms with E-state index in [0.717, 1.165) is 16.7 Å². The number of hydrogen-bond donors (Lipinski definition) is 0. The molecule has 0 bridgehead atoms. The maximum Gasteiger partial charge on any atom is 0.0671 e. The van der Waals surface area contributed by atoms with E-state index in [1.54, 1.807) is 0 Å². The zero-order chi connectivity index (χ0) is 15.6. The summed E-state index contributed by atoms with van der Waals surface area (Å²) in [4.78, 5) is 0. The van der Waals surface area contributed by atoms with Crippen LogP contribution in [0.2, 0.25) is 0 Å². The molecule has 0 fully saturated rings. The molecule has 20 heavy (non-hydrogen) atoms. The van der Waals surface area contributed by atoms with Crippen LogP contribution in [0.4, 0.5) is 0 Å². The van der Waals surface area contributed by atoms with Crippen molar-refractivity contribution in [3.8, 4) is 0 Å². The van der Waals surface area contributed by atoms with E-state index < -0.39 is 0 Å². The van der Waals surface area contributed by atoms with E-state index in [1.807, 2.05) is 20.8 Å². The Kier molecular flexibility index (Phi) is 9.47. The van der Waals surface area contributed by atoms with Crippen molar-refractivity contribution >= 4 is 0 Å². The summed E-state index contributed by atoms with van der Waals surface area (Å²) < 4.78 is 17.0. The number of rotatable bonds is 12. The second-order valence-electron chi connectivity index (χ2n) is 6.16. The first kappa shape index (κ1) is 19.1. The molecule has 0 N–H and O–H groups in total. The third kappa shape index (κ3) is 11.0. The average Bonchev–Trinajstić information content (AvgIpc) is 2.27. The summed E-state index contributed by atoms with van der Waals surface area (Å²) in [6, 6.07) is 0. The van der Waals surface area contributed by atoms with Crippen LogP contribution in [0, 0.1) is 5.41 Å². The summed E-state index contributed by atoms with van der Waals surface area (Å²) in [6.45, 7) is 22.9. The van der Waals surface area contributed by atoms with Gasteiger partial charge in [0, 0.05) is 5.41 Å². The van der Waals surface area contributed by atoms with Crippen molar-refractivity contribution in [1.82, 2.24) is 0 Å². The topological polar surface area (TPSA) is 27.7 Å². The van der Waals surface area contributed by atoms with E-state index in [-0.39, 0.29) is 5.41 Å². The lowest BCUT2D eigenvalue weighted by Gasteiger charge is -2.29. The molecule has 0 saturated heterocycles. The van der Waals surface area contributed by atoms with Gasteiger partial charge < -0.3 is 14.2 Å². The van der Waals surface area contributed by atoms with Crippen molar-refractivity contribution in [3.05, 3.63) is 36.5 Å². The summed E-state index contributed by atoms with van der Waals surface area (Å²) in [6.07, 6.45) is 0. The van der Waals surface area contributed by atoms with Gasteiger partial charge in [-0.25, -0.2) is 0 Å². The Balaban J connectivity index is 4.28. The maximum atomic E-state index is 5.67. The van der Waals surface area contributed by atoms with Gasteiger partial charge >= 0.3 is 0 Å². The summed E-state index contributed by atoms with van der Waals surface area (Å²) >= 11 is 0. The van der Waals surface area contributed by atoms with Gasteiger partial charge in [-0.1, -0.05) is 43.4 Å². The van der Waals surface area contributed by atoms with Gasteiger partial charge in [-0.2, -0.15) is 0 Å². The molecular formula is C17H30O3. The van der Waals surface area contributed by atoms with Gasteiger partial charge in [0.15, 0.2) is 0 Å². The van der Waals surface area contributed by atoms with Gasteiger partial charge in [0.05, 0.1) is 39.6 Å². The fourth-order valence-electron chi connectivity index (χ4n) is 1.54. The molecule has 3 nitrogen and oxygen atoms in total. The lowest BCUT2D eigenvalue weighted by molar-refractivity contribution is -0.0490. The molecule has 0 atom stereocenters. The van der Waals surface area contributed by atoms with Crippen LogP contribution >= 0.6 is 0 Å². The van der Waals surface area contributed by atoms with Crippen LogP contribution in [0.3, 0.4) is 0 Å². The van der Waals surface area contributed by atoms with E-state index >= 15 is 0 Å². The minimum atomic E-state index is -0.180. The molecule has 0 spiro atoms. The Morgan fingerprint density at radius 2 is 0.950 bits per heavy atom. The Morgan fingerprint density at radius 3 is 1.15 bits per heavy atom. The molecule has 0 aliphatic carbocycles. The van der Waals surface area contributed by atoms with Gasteiger partial charge in [-0.3, -0.25) is 0 Å². The highest BCUT2D eigenvalue weighted by atomic mass is 16.5. The third-order valence-corrected chi connectivity index (χ3v) is 2.40. The summed E-state index contributed by atoms with van der Waals surface area (Å²) in [7, 11) is 0. The van der Waals surface area contributed by atoms with Crippen molar-refractivity contribution in [3.63, 3.8) is 0 Å². The van der Waals surface area contributed by atoms with Crippen LogP contribution in [-0.2, 0) is 14.2 Å². The minimum absolute atomic E-state index is 0.180. The SMILES string of the molecule is C=C(C)COCC(C)(COCC(=C)C)COCC(=C)C. The van der Waals surface area contributed by atoms with E-state index in [4.69, 9.17) is 14.2 Å². The molecule has 0 aromatic heterocycles. The quantitative estimate of drug-likeness (QED) is 0.510. The molecule has 0 aromatic carbocycles. The van der Waals surface area contributed by atoms with E-state index in [2.05, 4.69) is 26.7 Å². The van der Waals surface area contributed by atoms with Crippen molar-refractivity contribution in [2.24, 2.45) is 5.41 Å². The van der Waals surface area contributed by atoms with Gasteiger partial charge in [-0.05, 0) is 20.8 Å². The third-order valence-electron chi connectivity index (χ3n) is 2.40. The standard InChI is InChI=1S/C17H30O3/c1-14(2)8-18-11-17(7,12-19-9-15(3)4)13-20-10-16(5)6/h1,3,5,8-13H2,2,4,6-7H3. The lowest BCUT2D eigenvalue weighted by Crippen LogP contribution is -2.35. The summed E-state index contributed by atoms with van der Waals surface area (Å²) in [5, 5.41) is 0. The van der Waals surface area contributed by atoms with Crippen molar-refractivity contribution in [1.29, 1.82) is 0 Å². The van der Waals surface area contributed by atoms with Gasteiger partial charge in [0.25, 0.3) is 0 Å². The molecule has 0 rings (SSSR count). The molecule has 0 aliphatic heterocycles. The zero-order valence-electron chi connectivity index (χ0n) is 13.6. The fourth-order valence-corrected chi connectivity index (χ4v) is 1.54. The summed E-state index contributed by atoms with van der Waals surface area (Å²) in [5.41, 5.74) is 2.86. The normalized spacial score (nSPS) is 11.4. The van der Waals surface area contributed by atoms with Crippen molar-refractivity contribution < 1.29 is 14.2 Å². The van der Waals surface area contributed by atoms with Crippen molar-refractivity contribution in [2.75, 3.05) is 39.6 Å². The highest BCUT2D eigenvalue weighted by Gasteiger charge is 2.26. The molecule has 0 aromatic rings. The Labute approximate surface area is 124 Å². The van der Waals surface area contributed by atoms with Gasteiger partial charge in [-0.15, -0.1) is 0 Å². The van der Waals surface area contributed by atoms with Crippen LogP contribution in [-0.4, -0.2) is 39.6 Å². The van der Waals surface area contributed by atoms with E-state index in [1.165, 1.54) is 0 Å². The fraction of sp³-hybridized carbons (Fsp3) is 0.647. The predicted octanol–water partition coefficient (Wildman–Crippen LogP) is 3.77. The van der Waals surface area contributed by atoms with E-state index in [0.29, 0.717) is 39.6 Å². The molecule has 0 heterocycles. The Hall–Kier alpha value is -0.900. The molecule has 0 aliphatic rings. The predicted molar refractivity (Wildman–Crippen MR) is 85.0 cm³/mol. The Bertz CT molecular complexity index is 281. The van der Waals surface area contributed by atoms with E-state index in [9.17, 15) is 0 Å². The van der Waals surface area contributed by atoms with Crippen LogP contribution in [0.15, 0.2) is 36.5 Å². The monoisotopic (exact) mass is 282 g/mol. The van der Waals surface area contributed by atoms with Crippen LogP contribution in [0.25, 0.3) is 0 Å². The minimum Gasteiger partial charge on any atom is -0.376 e. The second kappa shape index (κ2) is 9.92. The molecule has 116 valence electrons. The van der Waals surface area contributed by atoms with Crippen LogP contribution in [0.1, 0.15) is 27.7 Å². The molecule has 0 saturated carbocycles. The average molecular weight is 282 g/mol. The molecule has 0 unspecified atom stereocenters. The smallest absolute Gasteiger partial charge is 0.0671 e. The lowest BCUT2D eigenvalue weighted by atomic mass is 9.94. The maximum absolute atomic E-state index is 5.67. The number of ether oxygens (including phenoxy) is 3. The van der Waals surface area contributed by atoms with Crippen molar-refractivity contribution in [2.45, 2.75) is 27.7 Å². The summed E-state index contributed by atoms with van der Waals surface area (Å²) in [5.74, 6) is 0. The molecular weight excluding hydrogens is 252 g/mol. The highest BCUT2D eigenvalue weighted by Crippen LogP contribution is 2.19. The Morgan fingerprint density at radius 1 is 0.700 bits per heavy atom. The highest BCUT2D eigenvalue weighted by molar-refractivity contribution is 4.90.